The molecule has 0 amide bonds. The summed E-state index contributed by atoms with van der Waals surface area (Å²) in [5.41, 5.74) is 0.772. The lowest BCUT2D eigenvalue weighted by molar-refractivity contribution is 0.287. The number of aryl methyl sites for hydroxylation is 1. The third-order valence-corrected chi connectivity index (χ3v) is 4.89. The summed E-state index contributed by atoms with van der Waals surface area (Å²) >= 11 is 0. The predicted octanol–water partition coefficient (Wildman–Crippen LogP) is 0.926. The molecule has 1 aromatic rings. The van der Waals surface area contributed by atoms with Crippen LogP contribution in [0.5, 0.6) is 0 Å². The Morgan fingerprint density at radius 1 is 1.53 bits per heavy atom. The number of hydrogen-bond donors (Lipinski definition) is 0. The maximum Gasteiger partial charge on any atom is 0.282 e. The smallest absolute Gasteiger partial charge is 0.282 e. The number of nitrogens with zero attached hydrogens (tertiary/aromatic N) is 3. The lowest BCUT2D eigenvalue weighted by Crippen LogP contribution is -2.39. The van der Waals surface area contributed by atoms with E-state index in [0.717, 1.165) is 18.5 Å². The predicted molar refractivity (Wildman–Crippen MR) is 62.5 cm³/mol. The molecular weight excluding hydrogens is 242 g/mol. The second kappa shape index (κ2) is 4.40. The topological polar surface area (TPSA) is 66.7 Å². The molecule has 2 rings (SSSR count). The molecule has 0 bridgehead atoms. The third-order valence-electron chi connectivity index (χ3n) is 2.94. The summed E-state index contributed by atoms with van der Waals surface area (Å²) in [7, 11) is -0.310. The summed E-state index contributed by atoms with van der Waals surface area (Å²) in [5, 5.41) is 3.81. The van der Waals surface area contributed by atoms with Crippen LogP contribution in [0.25, 0.3) is 0 Å². The molecule has 17 heavy (non-hydrogen) atoms. The molecule has 0 aromatic carbocycles. The van der Waals surface area contributed by atoms with E-state index in [-0.39, 0.29) is 6.04 Å². The second-order valence-electron chi connectivity index (χ2n) is 4.43. The van der Waals surface area contributed by atoms with Crippen LogP contribution in [-0.4, -0.2) is 42.8 Å². The van der Waals surface area contributed by atoms with E-state index in [1.807, 2.05) is 6.92 Å². The zero-order chi connectivity index (χ0) is 12.6. The van der Waals surface area contributed by atoms with Crippen LogP contribution in [0.1, 0.15) is 30.3 Å². The largest absolute Gasteiger partial charge is 0.359 e. The van der Waals surface area contributed by atoms with Crippen molar-refractivity contribution in [3.05, 3.63) is 17.5 Å². The highest BCUT2D eigenvalue weighted by Crippen LogP contribution is 2.34. The van der Waals surface area contributed by atoms with Crippen molar-refractivity contribution in [3.8, 4) is 0 Å². The molecule has 96 valence electrons. The van der Waals surface area contributed by atoms with Gasteiger partial charge in [0.05, 0.1) is 11.7 Å². The fourth-order valence-electron chi connectivity index (χ4n) is 2.05. The van der Waals surface area contributed by atoms with Gasteiger partial charge in [-0.15, -0.1) is 0 Å². The van der Waals surface area contributed by atoms with Gasteiger partial charge in [0.25, 0.3) is 10.2 Å². The van der Waals surface area contributed by atoms with E-state index in [2.05, 4.69) is 5.16 Å². The number of hydrogen-bond acceptors (Lipinski definition) is 4. The molecule has 0 spiro atoms. The highest BCUT2D eigenvalue weighted by Gasteiger charge is 2.38. The van der Waals surface area contributed by atoms with Crippen molar-refractivity contribution in [1.29, 1.82) is 0 Å². The van der Waals surface area contributed by atoms with Gasteiger partial charge in [0.2, 0.25) is 0 Å². The Labute approximate surface area is 101 Å². The number of rotatable bonds is 3. The van der Waals surface area contributed by atoms with Gasteiger partial charge in [-0.25, -0.2) is 0 Å². The van der Waals surface area contributed by atoms with Crippen molar-refractivity contribution in [2.24, 2.45) is 0 Å². The minimum absolute atomic E-state index is 0.219. The van der Waals surface area contributed by atoms with Gasteiger partial charge in [0, 0.05) is 26.7 Å². The van der Waals surface area contributed by atoms with E-state index in [1.165, 1.54) is 22.7 Å². The van der Waals surface area contributed by atoms with Crippen LogP contribution < -0.4 is 0 Å². The average molecular weight is 259 g/mol. The minimum atomic E-state index is -3.39. The van der Waals surface area contributed by atoms with Crippen molar-refractivity contribution >= 4 is 10.2 Å². The fourth-order valence-corrected chi connectivity index (χ4v) is 3.36. The highest BCUT2D eigenvalue weighted by atomic mass is 32.2. The van der Waals surface area contributed by atoms with Gasteiger partial charge in [-0.2, -0.15) is 17.0 Å². The van der Waals surface area contributed by atoms with E-state index in [1.54, 1.807) is 6.07 Å². The summed E-state index contributed by atoms with van der Waals surface area (Å²) < 4.78 is 32.1. The Bertz CT molecular complexity index is 495. The quantitative estimate of drug-likeness (QED) is 0.809. The van der Waals surface area contributed by atoms with Gasteiger partial charge in [0.15, 0.2) is 5.76 Å². The van der Waals surface area contributed by atoms with E-state index in [9.17, 15) is 8.42 Å². The first-order valence-corrected chi connectivity index (χ1v) is 6.95. The molecule has 7 heteroatoms. The summed E-state index contributed by atoms with van der Waals surface area (Å²) in [5.74, 6) is 0.630. The van der Waals surface area contributed by atoms with E-state index in [0.29, 0.717) is 12.3 Å². The number of aromatic nitrogens is 1. The fraction of sp³-hybridized carbons (Fsp3) is 0.700. The molecule has 2 heterocycles. The molecule has 1 aliphatic heterocycles. The Hall–Kier alpha value is -0.920. The van der Waals surface area contributed by atoms with Crippen LogP contribution in [0.15, 0.2) is 10.6 Å². The molecule has 1 aliphatic rings. The molecule has 1 saturated heterocycles. The van der Waals surface area contributed by atoms with Crippen LogP contribution in [0.2, 0.25) is 0 Å². The zero-order valence-corrected chi connectivity index (χ0v) is 11.1. The Balaban J connectivity index is 2.30. The average Bonchev–Trinajstić information content (AvgIpc) is 2.84. The standard InChI is InChI=1S/C10H17N3O3S/c1-8-7-10(16-11-8)9-5-4-6-13(9)17(14,15)12(2)3/h7,9H,4-6H2,1-3H3. The van der Waals surface area contributed by atoms with Crippen LogP contribution in [0.4, 0.5) is 0 Å². The first-order chi connectivity index (χ1) is 7.93. The molecule has 0 aliphatic carbocycles. The molecule has 0 N–H and O–H groups in total. The highest BCUT2D eigenvalue weighted by molar-refractivity contribution is 7.86. The SMILES string of the molecule is Cc1cc(C2CCCN2S(=O)(=O)N(C)C)on1. The van der Waals surface area contributed by atoms with Gasteiger partial charge >= 0.3 is 0 Å². The molecular formula is C10H17N3O3S. The summed E-state index contributed by atoms with van der Waals surface area (Å²) in [4.78, 5) is 0. The van der Waals surface area contributed by atoms with Crippen LogP contribution in [0, 0.1) is 6.92 Å². The van der Waals surface area contributed by atoms with Gasteiger partial charge in [-0.1, -0.05) is 5.16 Å². The lowest BCUT2D eigenvalue weighted by atomic mass is 10.2. The van der Waals surface area contributed by atoms with Crippen LogP contribution in [-0.2, 0) is 10.2 Å². The van der Waals surface area contributed by atoms with Gasteiger partial charge in [-0.3, -0.25) is 0 Å². The first kappa shape index (κ1) is 12.5. The van der Waals surface area contributed by atoms with Crippen molar-refractivity contribution < 1.29 is 12.9 Å². The second-order valence-corrected chi connectivity index (χ2v) is 6.52. The van der Waals surface area contributed by atoms with E-state index >= 15 is 0 Å². The monoisotopic (exact) mass is 259 g/mol. The van der Waals surface area contributed by atoms with Gasteiger partial charge in [-0.05, 0) is 19.8 Å². The minimum Gasteiger partial charge on any atom is -0.359 e. The Kier molecular flexibility index (Phi) is 3.24. The van der Waals surface area contributed by atoms with Gasteiger partial charge in [0.1, 0.15) is 0 Å². The molecule has 0 saturated carbocycles. The van der Waals surface area contributed by atoms with Crippen molar-refractivity contribution in [1.82, 2.24) is 13.8 Å². The third kappa shape index (κ3) is 2.22. The van der Waals surface area contributed by atoms with Crippen molar-refractivity contribution in [2.75, 3.05) is 20.6 Å². The molecule has 1 aromatic heterocycles. The first-order valence-electron chi connectivity index (χ1n) is 5.55. The Morgan fingerprint density at radius 2 is 2.24 bits per heavy atom. The van der Waals surface area contributed by atoms with Crippen LogP contribution in [0.3, 0.4) is 0 Å². The molecule has 6 nitrogen and oxygen atoms in total. The maximum absolute atomic E-state index is 12.1. The van der Waals surface area contributed by atoms with Crippen molar-refractivity contribution in [3.63, 3.8) is 0 Å². The molecule has 1 atom stereocenters. The summed E-state index contributed by atoms with van der Waals surface area (Å²) in [6.07, 6.45) is 1.62. The molecule has 1 unspecified atom stereocenters. The normalized spacial score (nSPS) is 22.5. The Morgan fingerprint density at radius 3 is 2.76 bits per heavy atom. The lowest BCUT2D eigenvalue weighted by Gasteiger charge is -2.25. The summed E-state index contributed by atoms with van der Waals surface area (Å²) in [6.45, 7) is 2.36. The van der Waals surface area contributed by atoms with Crippen molar-refractivity contribution in [2.45, 2.75) is 25.8 Å². The van der Waals surface area contributed by atoms with Crippen LogP contribution >= 0.6 is 0 Å². The summed E-state index contributed by atoms with van der Waals surface area (Å²) in [6, 6.07) is 1.58. The van der Waals surface area contributed by atoms with E-state index < -0.39 is 10.2 Å². The maximum atomic E-state index is 12.1. The van der Waals surface area contributed by atoms with Gasteiger partial charge < -0.3 is 4.52 Å². The molecule has 0 radical (unpaired) electrons. The zero-order valence-electron chi connectivity index (χ0n) is 10.3. The molecule has 1 fully saturated rings. The van der Waals surface area contributed by atoms with E-state index in [4.69, 9.17) is 4.52 Å².